The van der Waals surface area contributed by atoms with Gasteiger partial charge in [-0.25, -0.2) is 9.97 Å². The highest BCUT2D eigenvalue weighted by Gasteiger charge is 2.15. The molecule has 2 aromatic rings. The Hall–Kier alpha value is -2.91. The zero-order valence-corrected chi connectivity index (χ0v) is 18.7. The number of rotatable bonds is 11. The minimum absolute atomic E-state index is 0.00911. The van der Waals surface area contributed by atoms with Crippen molar-refractivity contribution in [3.8, 4) is 0 Å². The number of hydrogen-bond acceptors (Lipinski definition) is 7. The number of nitrogens with two attached hydrogens (primary N) is 2. The van der Waals surface area contributed by atoms with E-state index in [1.54, 1.807) is 0 Å². The van der Waals surface area contributed by atoms with Crippen LogP contribution in [0.4, 0.5) is 11.6 Å². The molecule has 10 heteroatoms. The van der Waals surface area contributed by atoms with Crippen molar-refractivity contribution in [3.05, 3.63) is 46.2 Å². The van der Waals surface area contributed by atoms with E-state index in [1.807, 2.05) is 38.2 Å². The Kier molecular flexibility index (Phi) is 9.48. The molecule has 2 rings (SSSR count). The summed E-state index contributed by atoms with van der Waals surface area (Å²) in [5, 5.41) is 5.64. The van der Waals surface area contributed by atoms with Gasteiger partial charge >= 0.3 is 0 Å². The van der Waals surface area contributed by atoms with E-state index in [-0.39, 0.29) is 28.4 Å². The van der Waals surface area contributed by atoms with Crippen LogP contribution in [-0.2, 0) is 0 Å². The van der Waals surface area contributed by atoms with Crippen LogP contribution in [0.15, 0.2) is 24.3 Å². The maximum atomic E-state index is 12.2. The van der Waals surface area contributed by atoms with Crippen LogP contribution in [0.3, 0.4) is 0 Å². The summed E-state index contributed by atoms with van der Waals surface area (Å²) in [5.41, 5.74) is 13.0. The van der Waals surface area contributed by atoms with Gasteiger partial charge in [-0.1, -0.05) is 35.7 Å². The summed E-state index contributed by atoms with van der Waals surface area (Å²) >= 11 is 5.80. The van der Waals surface area contributed by atoms with E-state index in [1.165, 1.54) is 0 Å². The smallest absolute Gasteiger partial charge is 0.273 e. The number of carbonyl (C=O) groups excluding carboxylic acids is 2. The van der Waals surface area contributed by atoms with Crippen LogP contribution < -0.4 is 22.1 Å². The molecule has 1 aromatic carbocycles. The van der Waals surface area contributed by atoms with Gasteiger partial charge in [-0.15, -0.1) is 0 Å². The molecule has 0 saturated heterocycles. The molecule has 0 aliphatic rings. The number of likely N-dealkylation sites (N-methyl/N-ethyl adjacent to an activating group) is 1. The van der Waals surface area contributed by atoms with Gasteiger partial charge in [0.1, 0.15) is 0 Å². The number of aromatic nitrogens is 2. The Balaban J connectivity index is 1.56. The van der Waals surface area contributed by atoms with E-state index in [9.17, 15) is 9.59 Å². The largest absolute Gasteiger partial charge is 0.382 e. The standard InChI is InChI=1S/C21H30ClN7O2/c1-14-6-8-15(9-7-14)20(30)25-10-4-3-5-12-29(2)13-11-26-21(31)16-18(23)28-19(24)17(22)27-16/h6-9H,3-5,10-13H2,1-2H3,(H,25,30)(H,26,31)(H4,23,24,28). The van der Waals surface area contributed by atoms with Crippen molar-refractivity contribution in [2.75, 3.05) is 44.7 Å². The zero-order chi connectivity index (χ0) is 22.8. The second-order valence-corrected chi connectivity index (χ2v) is 7.73. The van der Waals surface area contributed by atoms with Gasteiger partial charge in [0.15, 0.2) is 22.5 Å². The quantitative estimate of drug-likeness (QED) is 0.385. The van der Waals surface area contributed by atoms with Crippen molar-refractivity contribution in [3.63, 3.8) is 0 Å². The lowest BCUT2D eigenvalue weighted by Crippen LogP contribution is -2.34. The Bertz CT molecular complexity index is 890. The number of carbonyl (C=O) groups is 2. The number of halogens is 1. The van der Waals surface area contributed by atoms with Crippen LogP contribution >= 0.6 is 11.6 Å². The van der Waals surface area contributed by atoms with Crippen molar-refractivity contribution >= 4 is 35.1 Å². The molecule has 0 unspecified atom stereocenters. The first-order valence-corrected chi connectivity index (χ1v) is 10.6. The van der Waals surface area contributed by atoms with E-state index >= 15 is 0 Å². The maximum absolute atomic E-state index is 12.2. The molecular formula is C21H30ClN7O2. The summed E-state index contributed by atoms with van der Waals surface area (Å²) in [4.78, 5) is 34.0. The summed E-state index contributed by atoms with van der Waals surface area (Å²) in [6.07, 6.45) is 2.91. The Morgan fingerprint density at radius 1 is 0.935 bits per heavy atom. The Morgan fingerprint density at radius 2 is 1.61 bits per heavy atom. The van der Waals surface area contributed by atoms with Crippen molar-refractivity contribution < 1.29 is 9.59 Å². The molecule has 0 spiro atoms. The van der Waals surface area contributed by atoms with Gasteiger partial charge in [-0.05, 0) is 45.5 Å². The molecule has 0 radical (unpaired) electrons. The number of hydrogen-bond donors (Lipinski definition) is 4. The molecule has 0 aliphatic heterocycles. The van der Waals surface area contributed by atoms with E-state index in [2.05, 4.69) is 25.5 Å². The number of nitrogen functional groups attached to an aromatic ring is 2. The number of aryl methyl sites for hydroxylation is 1. The molecule has 9 nitrogen and oxygen atoms in total. The molecule has 31 heavy (non-hydrogen) atoms. The molecule has 1 aromatic heterocycles. The number of anilines is 2. The van der Waals surface area contributed by atoms with E-state index in [0.29, 0.717) is 25.2 Å². The summed E-state index contributed by atoms with van der Waals surface area (Å²) in [5.74, 6) is -0.544. The fourth-order valence-corrected chi connectivity index (χ4v) is 2.98. The van der Waals surface area contributed by atoms with Gasteiger partial charge in [-0.2, -0.15) is 0 Å². The first-order valence-electron chi connectivity index (χ1n) is 10.2. The second-order valence-electron chi connectivity index (χ2n) is 7.38. The van der Waals surface area contributed by atoms with Crippen LogP contribution in [-0.4, -0.2) is 59.9 Å². The zero-order valence-electron chi connectivity index (χ0n) is 17.9. The van der Waals surface area contributed by atoms with Gasteiger partial charge in [-0.3, -0.25) is 9.59 Å². The molecule has 0 saturated carbocycles. The maximum Gasteiger partial charge on any atom is 0.273 e. The van der Waals surface area contributed by atoms with Crippen molar-refractivity contribution in [2.45, 2.75) is 26.2 Å². The number of nitrogens with one attached hydrogen (secondary N) is 2. The highest BCUT2D eigenvalue weighted by atomic mass is 35.5. The van der Waals surface area contributed by atoms with Crippen molar-refractivity contribution in [1.29, 1.82) is 0 Å². The molecule has 0 fully saturated rings. The van der Waals surface area contributed by atoms with E-state index in [4.69, 9.17) is 23.1 Å². The summed E-state index contributed by atoms with van der Waals surface area (Å²) in [6.45, 7) is 4.64. The molecule has 0 bridgehead atoms. The van der Waals surface area contributed by atoms with Gasteiger partial charge < -0.3 is 27.0 Å². The highest BCUT2D eigenvalue weighted by Crippen LogP contribution is 2.17. The third-order valence-corrected chi connectivity index (χ3v) is 4.99. The minimum atomic E-state index is -0.440. The first-order chi connectivity index (χ1) is 14.8. The predicted octanol–water partition coefficient (Wildman–Crippen LogP) is 1.86. The molecule has 0 aliphatic carbocycles. The summed E-state index contributed by atoms with van der Waals surface area (Å²) < 4.78 is 0. The van der Waals surface area contributed by atoms with Crippen LogP contribution in [0, 0.1) is 6.92 Å². The molecular weight excluding hydrogens is 418 g/mol. The molecule has 0 atom stereocenters. The molecule has 168 valence electrons. The average molecular weight is 448 g/mol. The Labute approximate surface area is 187 Å². The van der Waals surface area contributed by atoms with Crippen LogP contribution in [0.25, 0.3) is 0 Å². The molecule has 6 N–H and O–H groups in total. The van der Waals surface area contributed by atoms with E-state index < -0.39 is 5.91 Å². The van der Waals surface area contributed by atoms with Gasteiger partial charge in [0.25, 0.3) is 11.8 Å². The number of nitrogens with zero attached hydrogens (tertiary/aromatic N) is 3. The summed E-state index contributed by atoms with van der Waals surface area (Å²) in [6, 6.07) is 7.53. The third kappa shape index (κ3) is 8.03. The SMILES string of the molecule is Cc1ccc(C(=O)NCCCCCN(C)CCNC(=O)c2nc(Cl)c(N)nc2N)cc1. The monoisotopic (exact) mass is 447 g/mol. The fraction of sp³-hybridized carbons (Fsp3) is 0.429. The summed E-state index contributed by atoms with van der Waals surface area (Å²) in [7, 11) is 1.99. The third-order valence-electron chi connectivity index (χ3n) is 4.71. The topological polar surface area (TPSA) is 139 Å². The highest BCUT2D eigenvalue weighted by molar-refractivity contribution is 6.31. The first kappa shape index (κ1) is 24.4. The fourth-order valence-electron chi connectivity index (χ4n) is 2.86. The molecule has 1 heterocycles. The number of amides is 2. The van der Waals surface area contributed by atoms with Crippen LogP contribution in [0.5, 0.6) is 0 Å². The Morgan fingerprint density at radius 3 is 2.32 bits per heavy atom. The van der Waals surface area contributed by atoms with Crippen LogP contribution in [0.1, 0.15) is 45.7 Å². The normalized spacial score (nSPS) is 10.8. The van der Waals surface area contributed by atoms with Crippen molar-refractivity contribution in [1.82, 2.24) is 25.5 Å². The lowest BCUT2D eigenvalue weighted by molar-refractivity contribution is 0.0939. The lowest BCUT2D eigenvalue weighted by atomic mass is 10.1. The van der Waals surface area contributed by atoms with Gasteiger partial charge in [0.2, 0.25) is 0 Å². The average Bonchev–Trinajstić information content (AvgIpc) is 2.73. The van der Waals surface area contributed by atoms with Crippen molar-refractivity contribution in [2.24, 2.45) is 0 Å². The van der Waals surface area contributed by atoms with Gasteiger partial charge in [0, 0.05) is 25.2 Å². The predicted molar refractivity (Wildman–Crippen MR) is 123 cm³/mol. The molecule has 2 amide bonds. The minimum Gasteiger partial charge on any atom is -0.382 e. The lowest BCUT2D eigenvalue weighted by Gasteiger charge is -2.17. The van der Waals surface area contributed by atoms with Crippen LogP contribution in [0.2, 0.25) is 5.15 Å². The van der Waals surface area contributed by atoms with Gasteiger partial charge in [0.05, 0.1) is 0 Å². The number of benzene rings is 1. The second kappa shape index (κ2) is 12.1. The number of unbranched alkanes of at least 4 members (excludes halogenated alkanes) is 2. The van der Waals surface area contributed by atoms with E-state index in [0.717, 1.165) is 31.4 Å².